The van der Waals surface area contributed by atoms with Crippen LogP contribution in [-0.2, 0) is 11.3 Å². The fourth-order valence-corrected chi connectivity index (χ4v) is 2.81. The Morgan fingerprint density at radius 2 is 1.76 bits per heavy atom. The Hall–Kier alpha value is -3.58. The Bertz CT molecular complexity index is 1010. The molecule has 0 saturated heterocycles. The van der Waals surface area contributed by atoms with E-state index in [0.29, 0.717) is 28.7 Å². The zero-order valence-electron chi connectivity index (χ0n) is 15.3. The molecule has 2 N–H and O–H groups in total. The summed E-state index contributed by atoms with van der Waals surface area (Å²) in [5, 5.41) is 17.3. The molecule has 0 unspecified atom stereocenters. The number of non-ortho nitro benzene ring substituents is 1. The first-order valence-corrected chi connectivity index (χ1v) is 9.13. The highest BCUT2D eigenvalue weighted by atomic mass is 35.5. The van der Waals surface area contributed by atoms with Gasteiger partial charge < -0.3 is 15.4 Å². The molecule has 0 aliphatic carbocycles. The molecule has 0 heterocycles. The zero-order chi connectivity index (χ0) is 20.6. The van der Waals surface area contributed by atoms with Gasteiger partial charge in [-0.2, -0.15) is 0 Å². The number of nitrogens with one attached hydrogen (secondary N) is 2. The van der Waals surface area contributed by atoms with Crippen LogP contribution in [0.1, 0.15) is 5.56 Å². The molecule has 0 aromatic heterocycles. The van der Waals surface area contributed by atoms with E-state index in [-0.39, 0.29) is 18.2 Å². The minimum atomic E-state index is -0.454. The molecule has 0 saturated carbocycles. The predicted molar refractivity (Wildman–Crippen MR) is 112 cm³/mol. The predicted octanol–water partition coefficient (Wildman–Crippen LogP) is 4.88. The summed E-state index contributed by atoms with van der Waals surface area (Å²) >= 11 is 6.08. The number of hydrogen-bond acceptors (Lipinski definition) is 5. The Balaban J connectivity index is 1.64. The standard InChI is InChI=1S/C21H18ClN3O4/c22-16-9-10-20(29-14-21(26)24-17-5-2-1-3-6-17)15(11-16)13-23-18-7-4-8-19(12-18)25(27)28/h1-12,23H,13-14H2,(H,24,26). The maximum Gasteiger partial charge on any atom is 0.271 e. The van der Waals surface area contributed by atoms with E-state index in [1.54, 1.807) is 42.5 Å². The van der Waals surface area contributed by atoms with Crippen molar-refractivity contribution in [3.8, 4) is 5.75 Å². The van der Waals surface area contributed by atoms with Crippen LogP contribution < -0.4 is 15.4 Å². The number of amides is 1. The van der Waals surface area contributed by atoms with E-state index in [1.807, 2.05) is 18.2 Å². The molecule has 7 nitrogen and oxygen atoms in total. The quantitative estimate of drug-likeness (QED) is 0.407. The van der Waals surface area contributed by atoms with Gasteiger partial charge in [0.25, 0.3) is 11.6 Å². The first-order chi connectivity index (χ1) is 14.0. The van der Waals surface area contributed by atoms with Crippen molar-refractivity contribution in [2.45, 2.75) is 6.54 Å². The van der Waals surface area contributed by atoms with E-state index in [9.17, 15) is 14.9 Å². The highest BCUT2D eigenvalue weighted by Crippen LogP contribution is 2.25. The number of para-hydroxylation sites is 1. The smallest absolute Gasteiger partial charge is 0.271 e. The minimum absolute atomic E-state index is 0.00449. The van der Waals surface area contributed by atoms with E-state index < -0.39 is 4.92 Å². The van der Waals surface area contributed by atoms with Crippen LogP contribution in [0.5, 0.6) is 5.75 Å². The number of nitro benzene ring substituents is 1. The number of anilines is 2. The van der Waals surface area contributed by atoms with E-state index >= 15 is 0 Å². The lowest BCUT2D eigenvalue weighted by Crippen LogP contribution is -2.20. The molecular weight excluding hydrogens is 394 g/mol. The third-order valence-electron chi connectivity index (χ3n) is 3.98. The molecule has 0 bridgehead atoms. The summed E-state index contributed by atoms with van der Waals surface area (Å²) in [4.78, 5) is 22.6. The highest BCUT2D eigenvalue weighted by molar-refractivity contribution is 6.30. The van der Waals surface area contributed by atoms with Crippen molar-refractivity contribution < 1.29 is 14.5 Å². The van der Waals surface area contributed by atoms with Crippen molar-refractivity contribution in [3.63, 3.8) is 0 Å². The van der Waals surface area contributed by atoms with Gasteiger partial charge in [0.15, 0.2) is 6.61 Å². The molecule has 0 aliphatic heterocycles. The molecule has 148 valence electrons. The average molecular weight is 412 g/mol. The second-order valence-electron chi connectivity index (χ2n) is 6.12. The van der Waals surface area contributed by atoms with Crippen molar-refractivity contribution >= 4 is 34.6 Å². The number of benzene rings is 3. The summed E-state index contributed by atoms with van der Waals surface area (Å²) in [7, 11) is 0. The molecule has 3 aromatic rings. The van der Waals surface area contributed by atoms with E-state index in [2.05, 4.69) is 10.6 Å². The van der Waals surface area contributed by atoms with Gasteiger partial charge in [-0.1, -0.05) is 35.9 Å². The summed E-state index contributed by atoms with van der Waals surface area (Å²) in [6.07, 6.45) is 0. The van der Waals surface area contributed by atoms with Gasteiger partial charge in [-0.05, 0) is 36.4 Å². The average Bonchev–Trinajstić information content (AvgIpc) is 2.72. The lowest BCUT2D eigenvalue weighted by molar-refractivity contribution is -0.384. The monoisotopic (exact) mass is 411 g/mol. The number of carbonyl (C=O) groups is 1. The number of hydrogen-bond donors (Lipinski definition) is 2. The van der Waals surface area contributed by atoms with Crippen LogP contribution in [0.25, 0.3) is 0 Å². The van der Waals surface area contributed by atoms with Crippen molar-refractivity contribution in [1.29, 1.82) is 0 Å². The van der Waals surface area contributed by atoms with Gasteiger partial charge >= 0.3 is 0 Å². The zero-order valence-corrected chi connectivity index (χ0v) is 16.1. The van der Waals surface area contributed by atoms with Crippen LogP contribution in [-0.4, -0.2) is 17.4 Å². The molecule has 0 fully saturated rings. The molecule has 3 rings (SSSR count). The number of nitro groups is 1. The van der Waals surface area contributed by atoms with E-state index in [0.717, 1.165) is 5.56 Å². The summed E-state index contributed by atoms with van der Waals surface area (Å²) in [6, 6.07) is 20.4. The van der Waals surface area contributed by atoms with Gasteiger partial charge in [0.2, 0.25) is 0 Å². The maximum atomic E-state index is 12.1. The first kappa shape index (κ1) is 20.2. The lowest BCUT2D eigenvalue weighted by Gasteiger charge is -2.13. The second kappa shape index (κ2) is 9.57. The van der Waals surface area contributed by atoms with Crippen LogP contribution in [0, 0.1) is 10.1 Å². The molecule has 0 spiro atoms. The van der Waals surface area contributed by atoms with Crippen LogP contribution in [0.2, 0.25) is 5.02 Å². The van der Waals surface area contributed by atoms with Gasteiger partial charge in [0.1, 0.15) is 5.75 Å². The normalized spacial score (nSPS) is 10.2. The van der Waals surface area contributed by atoms with Crippen molar-refractivity contribution in [3.05, 3.63) is 93.5 Å². The number of carbonyl (C=O) groups excluding carboxylic acids is 1. The number of halogens is 1. The van der Waals surface area contributed by atoms with Crippen molar-refractivity contribution in [2.75, 3.05) is 17.2 Å². The Kier molecular flexibility index (Phi) is 6.65. The third-order valence-corrected chi connectivity index (χ3v) is 4.21. The summed E-state index contributed by atoms with van der Waals surface area (Å²) in [6.45, 7) is 0.150. The molecule has 0 aliphatic rings. The largest absolute Gasteiger partial charge is 0.483 e. The third kappa shape index (κ3) is 5.95. The summed E-state index contributed by atoms with van der Waals surface area (Å²) in [5.74, 6) is 0.208. The number of nitrogens with zero attached hydrogens (tertiary/aromatic N) is 1. The SMILES string of the molecule is O=C(COc1ccc(Cl)cc1CNc1cccc([N+](=O)[O-])c1)Nc1ccccc1. The van der Waals surface area contributed by atoms with Crippen LogP contribution in [0.4, 0.5) is 17.1 Å². The van der Waals surface area contributed by atoms with Crippen LogP contribution >= 0.6 is 11.6 Å². The molecule has 8 heteroatoms. The van der Waals surface area contributed by atoms with Crippen molar-refractivity contribution in [2.24, 2.45) is 0 Å². The topological polar surface area (TPSA) is 93.5 Å². The minimum Gasteiger partial charge on any atom is -0.483 e. The summed E-state index contributed by atoms with van der Waals surface area (Å²) < 4.78 is 5.66. The maximum absolute atomic E-state index is 12.1. The Labute approximate surface area is 172 Å². The molecule has 0 radical (unpaired) electrons. The molecule has 1 amide bonds. The Morgan fingerprint density at radius 3 is 2.52 bits per heavy atom. The van der Waals surface area contributed by atoms with Gasteiger partial charge in [-0.25, -0.2) is 0 Å². The molecule has 0 atom stereocenters. The first-order valence-electron chi connectivity index (χ1n) is 8.76. The fraction of sp³-hybridized carbons (Fsp3) is 0.0952. The lowest BCUT2D eigenvalue weighted by atomic mass is 10.2. The van der Waals surface area contributed by atoms with Gasteiger partial charge in [-0.15, -0.1) is 0 Å². The van der Waals surface area contributed by atoms with Crippen LogP contribution in [0.15, 0.2) is 72.8 Å². The Morgan fingerprint density at radius 1 is 1.00 bits per heavy atom. The molecule has 29 heavy (non-hydrogen) atoms. The number of ether oxygens (including phenoxy) is 1. The second-order valence-corrected chi connectivity index (χ2v) is 6.55. The summed E-state index contributed by atoms with van der Waals surface area (Å²) in [5.41, 5.74) is 1.99. The van der Waals surface area contributed by atoms with Gasteiger partial charge in [0, 0.05) is 40.6 Å². The van der Waals surface area contributed by atoms with Gasteiger partial charge in [-0.3, -0.25) is 14.9 Å². The van der Waals surface area contributed by atoms with E-state index in [4.69, 9.17) is 16.3 Å². The van der Waals surface area contributed by atoms with Crippen LogP contribution in [0.3, 0.4) is 0 Å². The van der Waals surface area contributed by atoms with Gasteiger partial charge in [0.05, 0.1) is 4.92 Å². The van der Waals surface area contributed by atoms with Crippen molar-refractivity contribution in [1.82, 2.24) is 0 Å². The highest BCUT2D eigenvalue weighted by Gasteiger charge is 2.10. The van der Waals surface area contributed by atoms with E-state index in [1.165, 1.54) is 12.1 Å². The molecular formula is C21H18ClN3O4. The number of rotatable bonds is 8. The fourth-order valence-electron chi connectivity index (χ4n) is 2.62. The molecule has 3 aromatic carbocycles.